The van der Waals surface area contributed by atoms with Gasteiger partial charge in [-0.25, -0.2) is 0 Å². The number of benzene rings is 2. The van der Waals surface area contributed by atoms with E-state index < -0.39 is 4.92 Å². The Morgan fingerprint density at radius 2 is 1.97 bits per heavy atom. The third-order valence-corrected chi connectivity index (χ3v) is 5.13. The fourth-order valence-corrected chi connectivity index (χ4v) is 3.47. The second kappa shape index (κ2) is 9.06. The normalized spacial score (nSPS) is 14.1. The zero-order valence-electron chi connectivity index (χ0n) is 16.1. The predicted molar refractivity (Wildman–Crippen MR) is 108 cm³/mol. The van der Waals surface area contributed by atoms with E-state index in [4.69, 9.17) is 10.00 Å². The van der Waals surface area contributed by atoms with Crippen molar-refractivity contribution in [3.05, 3.63) is 63.7 Å². The summed E-state index contributed by atoms with van der Waals surface area (Å²) in [5.74, 6) is 0.640. The number of carbonyl (C=O) groups is 1. The maximum absolute atomic E-state index is 12.5. The summed E-state index contributed by atoms with van der Waals surface area (Å²) in [5.41, 5.74) is 1.66. The van der Waals surface area contributed by atoms with Gasteiger partial charge in [0.05, 0.1) is 23.7 Å². The average molecular weight is 394 g/mol. The molecule has 1 N–H and O–H groups in total. The zero-order chi connectivity index (χ0) is 20.8. The highest BCUT2D eigenvalue weighted by Gasteiger charge is 2.28. The highest BCUT2D eigenvalue weighted by atomic mass is 16.6. The molecule has 0 aliphatic carbocycles. The molecule has 1 amide bonds. The van der Waals surface area contributed by atoms with E-state index in [-0.39, 0.29) is 23.1 Å². The van der Waals surface area contributed by atoms with E-state index in [9.17, 15) is 14.9 Å². The minimum atomic E-state index is -0.468. The summed E-state index contributed by atoms with van der Waals surface area (Å²) in [6, 6.07) is 13.9. The number of hydrogen-bond donors (Lipinski definition) is 1. The average Bonchev–Trinajstić information content (AvgIpc) is 2.77. The number of anilines is 1. The molecule has 1 aliphatic heterocycles. The van der Waals surface area contributed by atoms with Gasteiger partial charge >= 0.3 is 0 Å². The van der Waals surface area contributed by atoms with Crippen LogP contribution in [0, 0.1) is 27.4 Å². The Hall–Kier alpha value is -3.60. The van der Waals surface area contributed by atoms with Crippen LogP contribution in [-0.4, -0.2) is 31.0 Å². The second-order valence-corrected chi connectivity index (χ2v) is 6.90. The third kappa shape index (κ3) is 4.82. The maximum atomic E-state index is 12.5. The van der Waals surface area contributed by atoms with Gasteiger partial charge in [-0.15, -0.1) is 0 Å². The van der Waals surface area contributed by atoms with Crippen LogP contribution in [-0.2, 0) is 11.3 Å². The Bertz CT molecular complexity index is 929. The molecule has 1 saturated heterocycles. The standard InChI is InChI=1S/C21H22N4O4/c1-29-18-5-2-15(3-6-18)14-23-21(26)17-8-10-24(11-9-17)19-7-4-16(13-22)12-20(19)25(27)28/h2-7,12,17H,8-11,14H2,1H3,(H,23,26). The van der Waals surface area contributed by atoms with Crippen molar-refractivity contribution in [1.82, 2.24) is 5.32 Å². The van der Waals surface area contributed by atoms with Crippen LogP contribution in [0.4, 0.5) is 11.4 Å². The Morgan fingerprint density at radius 3 is 2.55 bits per heavy atom. The highest BCUT2D eigenvalue weighted by Crippen LogP contribution is 2.32. The molecule has 3 rings (SSSR count). The molecule has 29 heavy (non-hydrogen) atoms. The second-order valence-electron chi connectivity index (χ2n) is 6.90. The molecular formula is C21H22N4O4. The van der Waals surface area contributed by atoms with Crippen molar-refractivity contribution in [3.63, 3.8) is 0 Å². The number of nitro groups is 1. The van der Waals surface area contributed by atoms with E-state index in [0.29, 0.717) is 38.2 Å². The van der Waals surface area contributed by atoms with Crippen molar-refractivity contribution in [2.24, 2.45) is 5.92 Å². The number of nitro benzene ring substituents is 1. The summed E-state index contributed by atoms with van der Waals surface area (Å²) in [6.45, 7) is 1.55. The van der Waals surface area contributed by atoms with E-state index >= 15 is 0 Å². The first kappa shape index (κ1) is 20.1. The number of piperidine rings is 1. The zero-order valence-corrected chi connectivity index (χ0v) is 16.1. The lowest BCUT2D eigenvalue weighted by molar-refractivity contribution is -0.384. The first-order valence-electron chi connectivity index (χ1n) is 9.36. The molecule has 1 fully saturated rings. The summed E-state index contributed by atoms with van der Waals surface area (Å²) in [6.07, 6.45) is 1.23. The van der Waals surface area contributed by atoms with Crippen LogP contribution in [0.2, 0.25) is 0 Å². The van der Waals surface area contributed by atoms with E-state index in [0.717, 1.165) is 11.3 Å². The third-order valence-electron chi connectivity index (χ3n) is 5.13. The lowest BCUT2D eigenvalue weighted by Gasteiger charge is -2.32. The summed E-state index contributed by atoms with van der Waals surface area (Å²) < 4.78 is 5.12. The summed E-state index contributed by atoms with van der Waals surface area (Å²) >= 11 is 0. The van der Waals surface area contributed by atoms with Gasteiger partial charge in [0.25, 0.3) is 5.69 Å². The first-order valence-corrected chi connectivity index (χ1v) is 9.36. The molecule has 1 aliphatic rings. The molecule has 0 saturated carbocycles. The van der Waals surface area contributed by atoms with Crippen LogP contribution in [0.1, 0.15) is 24.0 Å². The van der Waals surface area contributed by atoms with Gasteiger partial charge in [-0.2, -0.15) is 5.26 Å². The molecule has 1 heterocycles. The molecule has 0 aromatic heterocycles. The quantitative estimate of drug-likeness (QED) is 0.596. The number of methoxy groups -OCH3 is 1. The topological polar surface area (TPSA) is 108 Å². The summed E-state index contributed by atoms with van der Waals surface area (Å²) in [5, 5.41) is 23.3. The van der Waals surface area contributed by atoms with Gasteiger partial charge in [-0.05, 0) is 42.7 Å². The van der Waals surface area contributed by atoms with Gasteiger partial charge in [0.15, 0.2) is 0 Å². The Balaban J connectivity index is 1.56. The van der Waals surface area contributed by atoms with Gasteiger partial charge < -0.3 is 15.0 Å². The monoisotopic (exact) mass is 394 g/mol. The number of amides is 1. The first-order chi connectivity index (χ1) is 14.0. The van der Waals surface area contributed by atoms with Crippen LogP contribution in [0.5, 0.6) is 5.75 Å². The van der Waals surface area contributed by atoms with E-state index in [1.54, 1.807) is 19.2 Å². The largest absolute Gasteiger partial charge is 0.497 e. The number of rotatable bonds is 6. The molecule has 8 nitrogen and oxygen atoms in total. The molecule has 0 radical (unpaired) electrons. The molecule has 0 spiro atoms. The van der Waals surface area contributed by atoms with Crippen LogP contribution in [0.25, 0.3) is 0 Å². The molecule has 2 aromatic rings. The van der Waals surface area contributed by atoms with E-state index in [1.165, 1.54) is 6.07 Å². The lowest BCUT2D eigenvalue weighted by atomic mass is 9.95. The molecule has 0 atom stereocenters. The number of ether oxygens (including phenoxy) is 1. The van der Waals surface area contributed by atoms with Crippen LogP contribution >= 0.6 is 0 Å². The minimum Gasteiger partial charge on any atom is -0.497 e. The van der Waals surface area contributed by atoms with Gasteiger partial charge in [0.1, 0.15) is 11.4 Å². The van der Waals surface area contributed by atoms with Crippen LogP contribution in [0.3, 0.4) is 0 Å². The van der Waals surface area contributed by atoms with Gasteiger partial charge in [0, 0.05) is 31.6 Å². The SMILES string of the molecule is COc1ccc(CNC(=O)C2CCN(c3ccc(C#N)cc3[N+](=O)[O-])CC2)cc1. The lowest BCUT2D eigenvalue weighted by Crippen LogP contribution is -2.40. The van der Waals surface area contributed by atoms with Gasteiger partial charge in [-0.1, -0.05) is 12.1 Å². The molecule has 150 valence electrons. The Kier molecular flexibility index (Phi) is 6.29. The summed E-state index contributed by atoms with van der Waals surface area (Å²) in [4.78, 5) is 25.3. The molecule has 0 unspecified atom stereocenters. The smallest absolute Gasteiger partial charge is 0.293 e. The van der Waals surface area contributed by atoms with E-state index in [1.807, 2.05) is 35.2 Å². The molecule has 8 heteroatoms. The van der Waals surface area contributed by atoms with Gasteiger partial charge in [0.2, 0.25) is 5.91 Å². The minimum absolute atomic E-state index is 0.00482. The maximum Gasteiger partial charge on any atom is 0.293 e. The highest BCUT2D eigenvalue weighted by molar-refractivity contribution is 5.79. The van der Waals surface area contributed by atoms with Crippen molar-refractivity contribution in [3.8, 4) is 11.8 Å². The molecule has 2 aromatic carbocycles. The van der Waals surface area contributed by atoms with Crippen LogP contribution < -0.4 is 15.0 Å². The fraction of sp³-hybridized carbons (Fsp3) is 0.333. The molecular weight excluding hydrogens is 372 g/mol. The van der Waals surface area contributed by atoms with Gasteiger partial charge in [-0.3, -0.25) is 14.9 Å². The van der Waals surface area contributed by atoms with Crippen LogP contribution in [0.15, 0.2) is 42.5 Å². The van der Waals surface area contributed by atoms with Crippen molar-refractivity contribution < 1.29 is 14.5 Å². The van der Waals surface area contributed by atoms with Crippen molar-refractivity contribution in [2.75, 3.05) is 25.1 Å². The van der Waals surface area contributed by atoms with Crippen molar-refractivity contribution >= 4 is 17.3 Å². The van der Waals surface area contributed by atoms with Crippen molar-refractivity contribution in [2.45, 2.75) is 19.4 Å². The Morgan fingerprint density at radius 1 is 1.28 bits per heavy atom. The number of carbonyl (C=O) groups excluding carboxylic acids is 1. The Labute approximate surface area is 168 Å². The van der Waals surface area contributed by atoms with Crippen molar-refractivity contribution in [1.29, 1.82) is 5.26 Å². The number of nitrogens with zero attached hydrogens (tertiary/aromatic N) is 3. The number of nitrogens with one attached hydrogen (secondary N) is 1. The summed E-state index contributed by atoms with van der Waals surface area (Å²) in [7, 11) is 1.61. The fourth-order valence-electron chi connectivity index (χ4n) is 3.47. The number of nitriles is 1. The molecule has 0 bridgehead atoms. The van der Waals surface area contributed by atoms with E-state index in [2.05, 4.69) is 5.32 Å². The predicted octanol–water partition coefficient (Wildman–Crippen LogP) is 3.01. The number of hydrogen-bond acceptors (Lipinski definition) is 6.